The monoisotopic (exact) mass is 274 g/mol. The summed E-state index contributed by atoms with van der Waals surface area (Å²) in [7, 11) is -3.46. The van der Waals surface area contributed by atoms with Gasteiger partial charge in [0.1, 0.15) is 0 Å². The molecular weight excluding hydrogens is 248 g/mol. The van der Waals surface area contributed by atoms with E-state index in [0.717, 1.165) is 6.42 Å². The predicted molar refractivity (Wildman–Crippen MR) is 76.9 cm³/mol. The zero-order chi connectivity index (χ0) is 13.7. The maximum atomic E-state index is 11.6. The summed E-state index contributed by atoms with van der Waals surface area (Å²) in [5, 5.41) is 0. The Morgan fingerprint density at radius 2 is 1.71 bits per heavy atom. The highest BCUT2D eigenvalue weighted by molar-refractivity contribution is 6.87. The van der Waals surface area contributed by atoms with Crippen LogP contribution in [-0.2, 0) is 13.6 Å². The second-order valence-corrected chi connectivity index (χ2v) is 14.3. The quantitative estimate of drug-likeness (QED) is 0.422. The fraction of sp³-hybridized carbons (Fsp3) is 0.750. The third-order valence-electron chi connectivity index (χ3n) is 1.89. The molecule has 5 heteroatoms. The molecule has 0 bridgehead atoms. The van der Waals surface area contributed by atoms with Gasteiger partial charge >= 0.3 is 5.97 Å². The van der Waals surface area contributed by atoms with Gasteiger partial charge in [0.15, 0.2) is 16.6 Å². The number of hydrogen-bond donors (Lipinski definition) is 0. The van der Waals surface area contributed by atoms with Gasteiger partial charge in [0.2, 0.25) is 0 Å². The molecule has 0 saturated carbocycles. The van der Waals surface area contributed by atoms with Crippen molar-refractivity contribution in [2.24, 2.45) is 0 Å². The Bertz CT molecular complexity index is 291. The van der Waals surface area contributed by atoms with Crippen LogP contribution in [0.1, 0.15) is 20.3 Å². The summed E-state index contributed by atoms with van der Waals surface area (Å²) in [4.78, 5) is 11.6. The van der Waals surface area contributed by atoms with E-state index in [-0.39, 0.29) is 5.97 Å². The van der Waals surface area contributed by atoms with Crippen molar-refractivity contribution in [3.63, 3.8) is 0 Å². The molecule has 0 N–H and O–H groups in total. The van der Waals surface area contributed by atoms with E-state index in [2.05, 4.69) is 32.7 Å². The van der Waals surface area contributed by atoms with Gasteiger partial charge in [0.05, 0.1) is 6.61 Å². The van der Waals surface area contributed by atoms with Crippen molar-refractivity contribution >= 4 is 22.6 Å². The Morgan fingerprint density at radius 1 is 1.18 bits per heavy atom. The van der Waals surface area contributed by atoms with Gasteiger partial charge in [-0.05, 0) is 46.1 Å². The molecule has 100 valence electrons. The maximum absolute atomic E-state index is 11.6. The van der Waals surface area contributed by atoms with Gasteiger partial charge in [-0.15, -0.1) is 0 Å². The standard InChI is InChI=1S/C12H26O3Si2/c1-8-9-14-12(13)11(2)10-17(6,7)15-16(3,4)5/h10H,8-9H2,1-7H3. The Balaban J connectivity index is 4.59. The van der Waals surface area contributed by atoms with Gasteiger partial charge in [-0.2, -0.15) is 0 Å². The fourth-order valence-electron chi connectivity index (χ4n) is 1.71. The maximum Gasteiger partial charge on any atom is 0.333 e. The molecule has 0 aromatic heterocycles. The highest BCUT2D eigenvalue weighted by atomic mass is 28.4. The van der Waals surface area contributed by atoms with Crippen LogP contribution in [0.15, 0.2) is 11.3 Å². The average Bonchev–Trinajstić information content (AvgIpc) is 2.08. The molecule has 0 aliphatic rings. The Kier molecular flexibility index (Phi) is 6.36. The first kappa shape index (κ1) is 16.6. The van der Waals surface area contributed by atoms with E-state index in [9.17, 15) is 4.79 Å². The molecule has 0 amide bonds. The molecule has 0 fully saturated rings. The molecule has 0 aliphatic carbocycles. The van der Waals surface area contributed by atoms with Crippen LogP contribution in [0.25, 0.3) is 0 Å². The van der Waals surface area contributed by atoms with Gasteiger partial charge in [-0.1, -0.05) is 12.6 Å². The van der Waals surface area contributed by atoms with Crippen LogP contribution in [0.4, 0.5) is 0 Å². The van der Waals surface area contributed by atoms with E-state index >= 15 is 0 Å². The zero-order valence-corrected chi connectivity index (χ0v) is 14.2. The first-order valence-corrected chi connectivity index (χ1v) is 12.5. The lowest BCUT2D eigenvalue weighted by atomic mass is 10.4. The van der Waals surface area contributed by atoms with Crippen LogP contribution in [0.2, 0.25) is 32.7 Å². The average molecular weight is 275 g/mol. The van der Waals surface area contributed by atoms with E-state index in [1.54, 1.807) is 6.92 Å². The smallest absolute Gasteiger partial charge is 0.333 e. The molecule has 0 aliphatic heterocycles. The summed E-state index contributed by atoms with van der Waals surface area (Å²) in [5.74, 6) is -0.216. The summed E-state index contributed by atoms with van der Waals surface area (Å²) in [6.45, 7) is 15.0. The summed E-state index contributed by atoms with van der Waals surface area (Å²) >= 11 is 0. The number of carbonyl (C=O) groups excluding carboxylic acids is 1. The van der Waals surface area contributed by atoms with Crippen molar-refractivity contribution in [2.45, 2.75) is 53.0 Å². The van der Waals surface area contributed by atoms with Gasteiger partial charge in [0.25, 0.3) is 0 Å². The molecule has 3 nitrogen and oxygen atoms in total. The van der Waals surface area contributed by atoms with Crippen LogP contribution in [0.5, 0.6) is 0 Å². The molecule has 0 radical (unpaired) electrons. The molecule has 0 aromatic rings. The van der Waals surface area contributed by atoms with Crippen molar-refractivity contribution in [1.82, 2.24) is 0 Å². The van der Waals surface area contributed by atoms with E-state index in [1.165, 1.54) is 0 Å². The topological polar surface area (TPSA) is 35.5 Å². The molecule has 0 spiro atoms. The first-order valence-electron chi connectivity index (χ1n) is 6.14. The second kappa shape index (κ2) is 6.51. The third kappa shape index (κ3) is 8.34. The van der Waals surface area contributed by atoms with Crippen molar-refractivity contribution in [1.29, 1.82) is 0 Å². The second-order valence-electron chi connectivity index (χ2n) is 5.78. The van der Waals surface area contributed by atoms with Crippen molar-refractivity contribution in [3.05, 3.63) is 11.3 Å². The highest BCUT2D eigenvalue weighted by Crippen LogP contribution is 2.17. The predicted octanol–water partition coefficient (Wildman–Crippen LogP) is 3.48. The molecule has 0 atom stereocenters. The molecular formula is C12H26O3Si2. The van der Waals surface area contributed by atoms with Gasteiger partial charge in [0, 0.05) is 5.57 Å². The van der Waals surface area contributed by atoms with Gasteiger partial charge in [-0.3, -0.25) is 0 Å². The number of ether oxygens (including phenoxy) is 1. The molecule has 0 aromatic carbocycles. The highest BCUT2D eigenvalue weighted by Gasteiger charge is 2.28. The Morgan fingerprint density at radius 3 is 2.12 bits per heavy atom. The Hall–Kier alpha value is -0.396. The van der Waals surface area contributed by atoms with E-state index in [0.29, 0.717) is 12.2 Å². The minimum Gasteiger partial charge on any atom is -0.462 e. The minimum atomic E-state index is -1.90. The van der Waals surface area contributed by atoms with Gasteiger partial charge < -0.3 is 8.85 Å². The molecule has 0 heterocycles. The summed E-state index contributed by atoms with van der Waals surface area (Å²) in [6, 6.07) is 0. The van der Waals surface area contributed by atoms with E-state index in [4.69, 9.17) is 8.85 Å². The SMILES string of the molecule is CCCOC(=O)C(C)=C[Si](C)(C)O[Si](C)(C)C. The number of esters is 1. The summed E-state index contributed by atoms with van der Waals surface area (Å²) in [5.41, 5.74) is 2.66. The zero-order valence-electron chi connectivity index (χ0n) is 12.2. The summed E-state index contributed by atoms with van der Waals surface area (Å²) < 4.78 is 11.2. The lowest BCUT2D eigenvalue weighted by Crippen LogP contribution is -2.41. The summed E-state index contributed by atoms with van der Waals surface area (Å²) in [6.07, 6.45) is 0.852. The lowest BCUT2D eigenvalue weighted by Gasteiger charge is -2.29. The van der Waals surface area contributed by atoms with Crippen LogP contribution in [0, 0.1) is 0 Å². The lowest BCUT2D eigenvalue weighted by molar-refractivity contribution is -0.138. The number of carbonyl (C=O) groups is 1. The molecule has 0 rings (SSSR count). The van der Waals surface area contributed by atoms with Crippen LogP contribution in [-0.4, -0.2) is 29.2 Å². The van der Waals surface area contributed by atoms with E-state index in [1.807, 2.05) is 12.6 Å². The number of rotatable bonds is 6. The van der Waals surface area contributed by atoms with E-state index < -0.39 is 16.6 Å². The third-order valence-corrected chi connectivity index (χ3v) is 7.57. The van der Waals surface area contributed by atoms with Crippen LogP contribution >= 0.6 is 0 Å². The minimum absolute atomic E-state index is 0.216. The van der Waals surface area contributed by atoms with Crippen molar-refractivity contribution in [2.75, 3.05) is 6.61 Å². The van der Waals surface area contributed by atoms with Crippen LogP contribution < -0.4 is 0 Å². The molecule has 0 unspecified atom stereocenters. The molecule has 0 saturated heterocycles. The van der Waals surface area contributed by atoms with Crippen LogP contribution in [0.3, 0.4) is 0 Å². The fourth-order valence-corrected chi connectivity index (χ4v) is 9.42. The first-order chi connectivity index (χ1) is 7.57. The van der Waals surface area contributed by atoms with Crippen molar-refractivity contribution in [3.8, 4) is 0 Å². The van der Waals surface area contributed by atoms with Crippen molar-refractivity contribution < 1.29 is 13.6 Å². The molecule has 17 heavy (non-hydrogen) atoms. The normalized spacial score (nSPS) is 13.7. The van der Waals surface area contributed by atoms with Gasteiger partial charge in [-0.25, -0.2) is 4.79 Å². The Labute approximate surface area is 107 Å². The largest absolute Gasteiger partial charge is 0.462 e. The number of hydrogen-bond acceptors (Lipinski definition) is 3.